The van der Waals surface area contributed by atoms with Gasteiger partial charge >= 0.3 is 39.5 Å². The van der Waals surface area contributed by atoms with Crippen molar-refractivity contribution in [1.29, 1.82) is 0 Å². The Morgan fingerprint density at radius 3 is 0.865 bits per heavy atom. The van der Waals surface area contributed by atoms with Crippen molar-refractivity contribution >= 4 is 39.5 Å². The number of allylic oxidation sites excluding steroid dienone is 24. The fourth-order valence-corrected chi connectivity index (χ4v) is 11.7. The van der Waals surface area contributed by atoms with Gasteiger partial charge in [-0.15, -0.1) is 0 Å². The van der Waals surface area contributed by atoms with Gasteiger partial charge < -0.3 is 33.8 Å². The Hall–Kier alpha value is -5.06. The minimum atomic E-state index is -5.00. The fraction of sp³-hybridized carbons (Fsp3) is 0.671. The third kappa shape index (κ3) is 75.2. The zero-order chi connectivity index (χ0) is 76.0. The first-order valence-electron chi connectivity index (χ1n) is 40.1. The maximum absolute atomic E-state index is 13.1. The van der Waals surface area contributed by atoms with Crippen LogP contribution in [0.3, 0.4) is 0 Å². The first-order chi connectivity index (χ1) is 50.7. The molecule has 0 aromatic carbocycles. The van der Waals surface area contributed by atoms with Gasteiger partial charge in [0.25, 0.3) is 0 Å². The summed E-state index contributed by atoms with van der Waals surface area (Å²) in [6.45, 7) is 4.56. The lowest BCUT2D eigenvalue weighted by Crippen LogP contribution is -2.30. The van der Waals surface area contributed by atoms with Crippen LogP contribution in [0, 0.1) is 0 Å². The number of esters is 4. The second-order valence-corrected chi connectivity index (χ2v) is 29.2. The summed E-state index contributed by atoms with van der Waals surface area (Å²) in [5.41, 5.74) is 0. The maximum atomic E-state index is 13.1. The van der Waals surface area contributed by atoms with Crippen molar-refractivity contribution in [1.82, 2.24) is 0 Å². The molecule has 0 spiro atoms. The zero-order valence-corrected chi connectivity index (χ0v) is 66.7. The van der Waals surface area contributed by atoms with Crippen molar-refractivity contribution < 1.29 is 80.2 Å². The summed E-state index contributed by atoms with van der Waals surface area (Å²) in [4.78, 5) is 72.9. The molecule has 19 heteroatoms. The molecule has 0 rings (SSSR count). The van der Waals surface area contributed by atoms with Crippen molar-refractivity contribution in [2.24, 2.45) is 0 Å². The van der Waals surface area contributed by atoms with E-state index in [1.165, 1.54) is 70.6 Å². The van der Waals surface area contributed by atoms with Crippen molar-refractivity contribution in [2.75, 3.05) is 39.6 Å². The number of hydrogen-bond acceptors (Lipinski definition) is 15. The second kappa shape index (κ2) is 76.1. The zero-order valence-electron chi connectivity index (χ0n) is 64.9. The van der Waals surface area contributed by atoms with Gasteiger partial charge in [0.2, 0.25) is 0 Å². The number of carbonyl (C=O) groups is 4. The molecule has 104 heavy (non-hydrogen) atoms. The monoisotopic (exact) mass is 1500 g/mol. The quantitative estimate of drug-likeness (QED) is 0.0169. The van der Waals surface area contributed by atoms with Crippen molar-refractivity contribution in [3.8, 4) is 0 Å². The number of ether oxygens (including phenoxy) is 4. The smallest absolute Gasteiger partial charge is 0.462 e. The third-order valence-corrected chi connectivity index (χ3v) is 18.2. The Balaban J connectivity index is 5.46. The van der Waals surface area contributed by atoms with Crippen LogP contribution in [-0.2, 0) is 65.4 Å². The molecule has 3 N–H and O–H groups in total. The van der Waals surface area contributed by atoms with Gasteiger partial charge in [-0.2, -0.15) is 0 Å². The molecule has 17 nitrogen and oxygen atoms in total. The topological polar surface area (TPSA) is 237 Å². The molecule has 0 aromatic heterocycles. The molecule has 0 radical (unpaired) electrons. The summed E-state index contributed by atoms with van der Waals surface area (Å²) in [7, 11) is -10.0. The Kier molecular flexibility index (Phi) is 72.4. The van der Waals surface area contributed by atoms with E-state index in [9.17, 15) is 43.2 Å². The van der Waals surface area contributed by atoms with Crippen LogP contribution >= 0.6 is 15.6 Å². The highest BCUT2D eigenvalue weighted by Gasteiger charge is 2.30. The summed E-state index contributed by atoms with van der Waals surface area (Å²) in [5, 5.41) is 10.6. The molecule has 0 aliphatic heterocycles. The van der Waals surface area contributed by atoms with Gasteiger partial charge in [-0.05, 0) is 161 Å². The number of phosphoric acid groups is 2. The van der Waals surface area contributed by atoms with E-state index in [-0.39, 0.29) is 25.7 Å². The van der Waals surface area contributed by atoms with E-state index >= 15 is 0 Å². The van der Waals surface area contributed by atoms with Crippen LogP contribution in [-0.4, -0.2) is 96.7 Å². The van der Waals surface area contributed by atoms with Crippen molar-refractivity contribution in [2.45, 2.75) is 329 Å². The SMILES string of the molecule is CC/C=C\C/C=C\C/C=C\C/C=C\C/C=C\CCCCCC(=O)OC[C@H](COP(=O)(O)OC[C@@H](O)COP(=O)(O)OC[C@@H](COC(=O)CCCCCCC/C=C\CCCCCC)OC(=O)CC/C=C\C/C=C\C/C=C\C/C=C\C/C=C\CCCCC)OC(=O)CCCCCCC/C=C\CCCCCC. The van der Waals surface area contributed by atoms with Crippen LogP contribution in [0.2, 0.25) is 0 Å². The summed E-state index contributed by atoms with van der Waals surface area (Å²) < 4.78 is 68.5. The number of aliphatic hydroxyl groups is 1. The fourth-order valence-electron chi connectivity index (χ4n) is 10.2. The van der Waals surface area contributed by atoms with Crippen LogP contribution < -0.4 is 0 Å². The molecule has 0 saturated heterocycles. The molecular weight excluding hydrogens is 1350 g/mol. The minimum Gasteiger partial charge on any atom is -0.462 e. The van der Waals surface area contributed by atoms with E-state index in [0.717, 1.165) is 154 Å². The molecule has 594 valence electrons. The van der Waals surface area contributed by atoms with Gasteiger partial charge in [-0.1, -0.05) is 270 Å². The standard InChI is InChI=1S/C85H142O17P2/c1-5-9-13-17-21-25-29-33-35-37-39-41-43-47-50-54-58-62-66-70-83(88)96-76-80(101-84(89)71-67-63-59-55-51-46-32-28-24-20-16-12-8-4)77-99-103(91,92)97-73-79(86)74-98-104(93,94)100-78-81(75-95-82(87)69-65-61-57-53-49-45-31-27-23-19-15-11-7-3)102-85(90)72-68-64-60-56-52-48-44-42-40-38-36-34-30-26-22-18-14-10-6-2/h9,13,21-22,25-28,31-36,39-42,47-48,50,52,60,64,79-81,86H,5-8,10-12,14-20,23-24,29-30,37-38,43-46,49,51,53-59,61-63,65-78H2,1-4H3,(H,91,92)(H,93,94)/b13-9-,25-21-,26-22-,31-27-,32-28-,35-33-,36-34-,41-39-,42-40-,50-47-,52-48-,64-60-/t79-,80-,81-/m1/s1. The lowest BCUT2D eigenvalue weighted by molar-refractivity contribution is -0.161. The molecule has 0 heterocycles. The summed E-state index contributed by atoms with van der Waals surface area (Å²) in [6, 6.07) is 0. The number of unbranched alkanes of at least 4 members (excludes halogenated alkanes) is 24. The van der Waals surface area contributed by atoms with E-state index in [0.29, 0.717) is 32.1 Å². The van der Waals surface area contributed by atoms with Gasteiger partial charge in [-0.3, -0.25) is 37.3 Å². The van der Waals surface area contributed by atoms with Gasteiger partial charge in [0.05, 0.1) is 26.4 Å². The van der Waals surface area contributed by atoms with Gasteiger partial charge in [0, 0.05) is 25.7 Å². The maximum Gasteiger partial charge on any atom is 0.472 e. The number of carbonyl (C=O) groups excluding carboxylic acids is 4. The number of rotatable bonds is 74. The van der Waals surface area contributed by atoms with Gasteiger partial charge in [-0.25, -0.2) is 9.13 Å². The highest BCUT2D eigenvalue weighted by atomic mass is 31.2. The van der Waals surface area contributed by atoms with E-state index in [2.05, 4.69) is 155 Å². The molecule has 0 fully saturated rings. The van der Waals surface area contributed by atoms with Crippen molar-refractivity contribution in [3.05, 3.63) is 146 Å². The molecule has 0 amide bonds. The van der Waals surface area contributed by atoms with Gasteiger partial charge in [0.1, 0.15) is 19.3 Å². The molecule has 0 aliphatic carbocycles. The number of phosphoric ester groups is 2. The summed E-state index contributed by atoms with van der Waals surface area (Å²) in [6.07, 6.45) is 87.0. The first-order valence-corrected chi connectivity index (χ1v) is 43.1. The normalized spacial score (nSPS) is 14.6. The molecule has 0 aliphatic rings. The highest BCUT2D eigenvalue weighted by Crippen LogP contribution is 2.45. The Morgan fingerprint density at radius 1 is 0.279 bits per heavy atom. The Morgan fingerprint density at radius 2 is 0.519 bits per heavy atom. The Labute approximate surface area is 630 Å². The predicted molar refractivity (Wildman–Crippen MR) is 427 cm³/mol. The number of hydrogen-bond donors (Lipinski definition) is 3. The second-order valence-electron chi connectivity index (χ2n) is 26.3. The van der Waals surface area contributed by atoms with E-state index in [4.69, 9.17) is 37.0 Å². The van der Waals surface area contributed by atoms with Crippen LogP contribution in [0.15, 0.2) is 146 Å². The van der Waals surface area contributed by atoms with Crippen LogP contribution in [0.1, 0.15) is 310 Å². The van der Waals surface area contributed by atoms with Crippen molar-refractivity contribution in [3.63, 3.8) is 0 Å². The third-order valence-electron chi connectivity index (χ3n) is 16.3. The van der Waals surface area contributed by atoms with E-state index in [1.54, 1.807) is 0 Å². The lowest BCUT2D eigenvalue weighted by atomic mass is 10.1. The average molecular weight is 1500 g/mol. The largest absolute Gasteiger partial charge is 0.472 e. The van der Waals surface area contributed by atoms with Crippen LogP contribution in [0.4, 0.5) is 0 Å². The Bertz CT molecular complexity index is 2540. The molecule has 2 unspecified atom stereocenters. The molecule has 0 aromatic rings. The molecule has 5 atom stereocenters. The highest BCUT2D eigenvalue weighted by molar-refractivity contribution is 7.47. The molecule has 0 bridgehead atoms. The lowest BCUT2D eigenvalue weighted by Gasteiger charge is -2.21. The van der Waals surface area contributed by atoms with E-state index < -0.39 is 97.5 Å². The number of aliphatic hydroxyl groups excluding tert-OH is 1. The predicted octanol–water partition coefficient (Wildman–Crippen LogP) is 23.4. The molecular formula is C85H142O17P2. The summed E-state index contributed by atoms with van der Waals surface area (Å²) in [5.74, 6) is -2.33. The average Bonchev–Trinajstić information content (AvgIpc) is 0.926. The first kappa shape index (κ1) is 98.9. The van der Waals surface area contributed by atoms with Crippen LogP contribution in [0.5, 0.6) is 0 Å². The van der Waals surface area contributed by atoms with Gasteiger partial charge in [0.15, 0.2) is 12.2 Å². The van der Waals surface area contributed by atoms with E-state index in [1.807, 2.05) is 18.2 Å². The summed E-state index contributed by atoms with van der Waals surface area (Å²) >= 11 is 0. The molecule has 0 saturated carbocycles. The van der Waals surface area contributed by atoms with Crippen LogP contribution in [0.25, 0.3) is 0 Å². The minimum absolute atomic E-state index is 0.0338.